The molecule has 0 aliphatic carbocycles. The molecule has 0 aliphatic heterocycles. The minimum absolute atomic E-state index is 0.0140. The summed E-state index contributed by atoms with van der Waals surface area (Å²) >= 11 is 0. The number of rotatable bonds is 4. The summed E-state index contributed by atoms with van der Waals surface area (Å²) in [6, 6.07) is 8.02. The van der Waals surface area contributed by atoms with E-state index in [-0.39, 0.29) is 17.9 Å². The average molecular weight is 220 g/mol. The van der Waals surface area contributed by atoms with Crippen LogP contribution in [0.4, 0.5) is 0 Å². The third kappa shape index (κ3) is 3.35. The highest BCUT2D eigenvalue weighted by molar-refractivity contribution is 5.78. The van der Waals surface area contributed by atoms with Crippen molar-refractivity contribution in [2.24, 2.45) is 11.7 Å². The third-order valence-electron chi connectivity index (χ3n) is 2.57. The second-order valence-corrected chi connectivity index (χ2v) is 4.33. The highest BCUT2D eigenvalue weighted by Crippen LogP contribution is 2.14. The lowest BCUT2D eigenvalue weighted by molar-refractivity contribution is -0.124. The Morgan fingerprint density at radius 2 is 2.06 bits per heavy atom. The molecule has 3 nitrogen and oxygen atoms in total. The van der Waals surface area contributed by atoms with Gasteiger partial charge in [0.25, 0.3) is 0 Å². The summed E-state index contributed by atoms with van der Waals surface area (Å²) in [5.74, 6) is 0.0887. The number of hydrogen-bond donors (Lipinski definition) is 2. The fourth-order valence-corrected chi connectivity index (χ4v) is 1.45. The summed E-state index contributed by atoms with van der Waals surface area (Å²) in [5.41, 5.74) is 7.76. The van der Waals surface area contributed by atoms with Gasteiger partial charge >= 0.3 is 0 Å². The summed E-state index contributed by atoms with van der Waals surface area (Å²) in [6.45, 7) is 6.28. The molecule has 0 saturated heterocycles. The van der Waals surface area contributed by atoms with Crippen LogP contribution in [0.25, 0.3) is 0 Å². The maximum atomic E-state index is 11.5. The second kappa shape index (κ2) is 5.66. The van der Waals surface area contributed by atoms with E-state index in [0.29, 0.717) is 6.54 Å². The predicted octanol–water partition coefficient (Wildman–Crippen LogP) is 1.98. The average Bonchev–Trinajstić information content (AvgIpc) is 2.28. The Kier molecular flexibility index (Phi) is 4.50. The lowest BCUT2D eigenvalue weighted by atomic mass is 10.0. The van der Waals surface area contributed by atoms with E-state index >= 15 is 0 Å². The van der Waals surface area contributed by atoms with Crippen LogP contribution < -0.4 is 11.1 Å². The topological polar surface area (TPSA) is 55.1 Å². The molecule has 0 spiro atoms. The first kappa shape index (κ1) is 12.7. The molecule has 1 rings (SSSR count). The van der Waals surface area contributed by atoms with Crippen LogP contribution in [0.3, 0.4) is 0 Å². The fraction of sp³-hybridized carbons (Fsp3) is 0.462. The SMILES string of the molecule is CC(C)C(=O)NC(C)c1cccc(CN)c1. The smallest absolute Gasteiger partial charge is 0.223 e. The van der Waals surface area contributed by atoms with Gasteiger partial charge in [0.15, 0.2) is 0 Å². The van der Waals surface area contributed by atoms with Gasteiger partial charge in [-0.3, -0.25) is 4.79 Å². The van der Waals surface area contributed by atoms with Gasteiger partial charge in [-0.2, -0.15) is 0 Å². The number of nitrogens with two attached hydrogens (primary N) is 1. The van der Waals surface area contributed by atoms with E-state index in [0.717, 1.165) is 11.1 Å². The van der Waals surface area contributed by atoms with Crippen molar-refractivity contribution in [2.45, 2.75) is 33.4 Å². The molecule has 1 unspecified atom stereocenters. The molecular formula is C13H20N2O. The first-order valence-electron chi connectivity index (χ1n) is 5.64. The van der Waals surface area contributed by atoms with E-state index in [9.17, 15) is 4.79 Å². The van der Waals surface area contributed by atoms with Gasteiger partial charge in [0.05, 0.1) is 6.04 Å². The molecule has 0 fully saturated rings. The first-order chi connectivity index (χ1) is 7.54. The van der Waals surface area contributed by atoms with Gasteiger partial charge in [-0.15, -0.1) is 0 Å². The van der Waals surface area contributed by atoms with Crippen LogP contribution in [0, 0.1) is 5.92 Å². The molecule has 3 N–H and O–H groups in total. The van der Waals surface area contributed by atoms with Gasteiger partial charge in [-0.1, -0.05) is 38.1 Å². The van der Waals surface area contributed by atoms with Crippen LogP contribution in [0.1, 0.15) is 37.9 Å². The van der Waals surface area contributed by atoms with Crippen LogP contribution in [0.15, 0.2) is 24.3 Å². The van der Waals surface area contributed by atoms with Crippen LogP contribution >= 0.6 is 0 Å². The quantitative estimate of drug-likeness (QED) is 0.815. The Morgan fingerprint density at radius 3 is 2.62 bits per heavy atom. The van der Waals surface area contributed by atoms with Crippen molar-refractivity contribution in [3.05, 3.63) is 35.4 Å². The van der Waals surface area contributed by atoms with Crippen molar-refractivity contribution >= 4 is 5.91 Å². The standard InChI is InChI=1S/C13H20N2O/c1-9(2)13(16)15-10(3)12-6-4-5-11(7-12)8-14/h4-7,9-10H,8,14H2,1-3H3,(H,15,16). The molecule has 0 saturated carbocycles. The fourth-order valence-electron chi connectivity index (χ4n) is 1.45. The number of carbonyl (C=O) groups is 1. The number of benzene rings is 1. The largest absolute Gasteiger partial charge is 0.349 e. The van der Waals surface area contributed by atoms with Crippen molar-refractivity contribution in [2.75, 3.05) is 0 Å². The van der Waals surface area contributed by atoms with Crippen molar-refractivity contribution in [1.82, 2.24) is 5.32 Å². The van der Waals surface area contributed by atoms with Crippen molar-refractivity contribution in [1.29, 1.82) is 0 Å². The van der Waals surface area contributed by atoms with Crippen LogP contribution in [-0.2, 0) is 11.3 Å². The Hall–Kier alpha value is -1.35. The summed E-state index contributed by atoms with van der Waals surface area (Å²) in [6.07, 6.45) is 0. The molecule has 16 heavy (non-hydrogen) atoms. The molecule has 1 aromatic rings. The van der Waals surface area contributed by atoms with Crippen LogP contribution in [0.2, 0.25) is 0 Å². The lowest BCUT2D eigenvalue weighted by Crippen LogP contribution is -2.30. The van der Waals surface area contributed by atoms with Gasteiger partial charge in [0, 0.05) is 12.5 Å². The molecule has 3 heteroatoms. The molecule has 1 atom stereocenters. The van der Waals surface area contributed by atoms with E-state index in [1.165, 1.54) is 0 Å². The third-order valence-corrected chi connectivity index (χ3v) is 2.57. The number of amides is 1. The highest BCUT2D eigenvalue weighted by atomic mass is 16.1. The van der Waals surface area contributed by atoms with E-state index in [1.807, 2.05) is 45.0 Å². The van der Waals surface area contributed by atoms with Gasteiger partial charge in [0.1, 0.15) is 0 Å². The zero-order chi connectivity index (χ0) is 12.1. The molecule has 1 aromatic carbocycles. The molecule has 1 amide bonds. The summed E-state index contributed by atoms with van der Waals surface area (Å²) in [5, 5.41) is 2.97. The molecule has 0 aromatic heterocycles. The summed E-state index contributed by atoms with van der Waals surface area (Å²) in [7, 11) is 0. The molecule has 0 radical (unpaired) electrons. The van der Waals surface area contributed by atoms with Crippen molar-refractivity contribution in [3.63, 3.8) is 0 Å². The Balaban J connectivity index is 2.72. The normalized spacial score (nSPS) is 12.6. The van der Waals surface area contributed by atoms with Gasteiger partial charge in [-0.25, -0.2) is 0 Å². The molecule has 0 heterocycles. The first-order valence-corrected chi connectivity index (χ1v) is 5.64. The van der Waals surface area contributed by atoms with Gasteiger partial charge in [-0.05, 0) is 18.1 Å². The van der Waals surface area contributed by atoms with E-state index in [4.69, 9.17) is 5.73 Å². The number of carbonyl (C=O) groups excluding carboxylic acids is 1. The zero-order valence-corrected chi connectivity index (χ0v) is 10.2. The van der Waals surface area contributed by atoms with E-state index in [1.54, 1.807) is 0 Å². The molecular weight excluding hydrogens is 200 g/mol. The predicted molar refractivity (Wildman–Crippen MR) is 65.7 cm³/mol. The van der Waals surface area contributed by atoms with Crippen molar-refractivity contribution < 1.29 is 4.79 Å². The zero-order valence-electron chi connectivity index (χ0n) is 10.2. The Bertz CT molecular complexity index is 361. The van der Waals surface area contributed by atoms with Gasteiger partial charge in [0.2, 0.25) is 5.91 Å². The maximum Gasteiger partial charge on any atom is 0.223 e. The maximum absolute atomic E-state index is 11.5. The number of hydrogen-bond acceptors (Lipinski definition) is 2. The molecule has 88 valence electrons. The minimum Gasteiger partial charge on any atom is -0.349 e. The lowest BCUT2D eigenvalue weighted by Gasteiger charge is -2.16. The monoisotopic (exact) mass is 220 g/mol. The second-order valence-electron chi connectivity index (χ2n) is 4.33. The summed E-state index contributed by atoms with van der Waals surface area (Å²) < 4.78 is 0. The molecule has 0 bridgehead atoms. The van der Waals surface area contributed by atoms with E-state index < -0.39 is 0 Å². The van der Waals surface area contributed by atoms with Crippen molar-refractivity contribution in [3.8, 4) is 0 Å². The Morgan fingerprint density at radius 1 is 1.38 bits per heavy atom. The highest BCUT2D eigenvalue weighted by Gasteiger charge is 2.12. The van der Waals surface area contributed by atoms with Crippen LogP contribution in [0.5, 0.6) is 0 Å². The minimum atomic E-state index is 0.0140. The Labute approximate surface area is 97.0 Å². The van der Waals surface area contributed by atoms with E-state index in [2.05, 4.69) is 5.32 Å². The van der Waals surface area contributed by atoms with Crippen LogP contribution in [-0.4, -0.2) is 5.91 Å². The molecule has 0 aliphatic rings. The summed E-state index contributed by atoms with van der Waals surface area (Å²) in [4.78, 5) is 11.5. The number of nitrogens with one attached hydrogen (secondary N) is 1. The van der Waals surface area contributed by atoms with Gasteiger partial charge < -0.3 is 11.1 Å².